The van der Waals surface area contributed by atoms with Crippen molar-refractivity contribution in [3.05, 3.63) is 101 Å². The lowest BCUT2D eigenvalue weighted by molar-refractivity contribution is -0.138. The third-order valence-corrected chi connectivity index (χ3v) is 7.80. The summed E-state index contributed by atoms with van der Waals surface area (Å²) >= 11 is 0.620. The molecule has 0 heterocycles. The van der Waals surface area contributed by atoms with Gasteiger partial charge in [0.15, 0.2) is 0 Å². The highest BCUT2D eigenvalue weighted by Crippen LogP contribution is 2.27. The maximum Gasteiger partial charge on any atom is 0.327 e. The molecule has 4 aromatic rings. The van der Waals surface area contributed by atoms with Crippen LogP contribution in [0.4, 0.5) is 5.69 Å². The second-order valence-electron chi connectivity index (χ2n) is 9.11. The van der Waals surface area contributed by atoms with Crippen LogP contribution in [-0.4, -0.2) is 38.3 Å². The van der Waals surface area contributed by atoms with Gasteiger partial charge in [-0.05, 0) is 71.0 Å². The van der Waals surface area contributed by atoms with E-state index in [1.54, 1.807) is 24.3 Å². The number of hydrogen-bond donors (Lipinski definition) is 2. The van der Waals surface area contributed by atoms with Crippen molar-refractivity contribution in [1.29, 1.82) is 0 Å². The molecule has 0 aliphatic rings. The lowest BCUT2D eigenvalue weighted by atomic mass is 10.0. The van der Waals surface area contributed by atoms with Crippen LogP contribution in [0.15, 0.2) is 95.5 Å². The summed E-state index contributed by atoms with van der Waals surface area (Å²) in [4.78, 5) is 24.5. The fourth-order valence-corrected chi connectivity index (χ4v) is 5.49. The molecule has 0 saturated carbocycles. The Hall–Kier alpha value is -3.53. The van der Waals surface area contributed by atoms with E-state index in [1.807, 2.05) is 66.7 Å². The molecule has 0 aliphatic carbocycles. The van der Waals surface area contributed by atoms with E-state index in [4.69, 9.17) is 0 Å². The third-order valence-electron chi connectivity index (χ3n) is 6.49. The van der Waals surface area contributed by atoms with Gasteiger partial charge in [-0.2, -0.15) is 0 Å². The quantitative estimate of drug-likeness (QED) is 0.155. The van der Waals surface area contributed by atoms with Gasteiger partial charge in [0.05, 0.1) is 6.42 Å². The first-order valence-electron chi connectivity index (χ1n) is 12.5. The van der Waals surface area contributed by atoms with Crippen LogP contribution in [0.1, 0.15) is 24.8 Å². The number of benzene rings is 4. The Bertz CT molecular complexity index is 1460. The molecule has 202 valence electrons. The first kappa shape index (κ1) is 28.5. The summed E-state index contributed by atoms with van der Waals surface area (Å²) in [7, 11) is 0. The molecule has 7 nitrogen and oxygen atoms in total. The summed E-state index contributed by atoms with van der Waals surface area (Å²) in [6.07, 6.45) is 1.30. The Balaban J connectivity index is 1.32. The van der Waals surface area contributed by atoms with Crippen molar-refractivity contribution >= 4 is 55.5 Å². The molecule has 2 atom stereocenters. The van der Waals surface area contributed by atoms with Crippen molar-refractivity contribution in [2.75, 3.05) is 10.8 Å². The summed E-state index contributed by atoms with van der Waals surface area (Å²) in [6, 6.07) is 26.9. The minimum atomic E-state index is -2.78. The molecule has 0 aromatic heterocycles. The highest BCUT2D eigenvalue weighted by atomic mass is 79.9. The second kappa shape index (κ2) is 13.5. The molecule has 2 N–H and O–H groups in total. The van der Waals surface area contributed by atoms with Gasteiger partial charge in [0.1, 0.15) is 6.04 Å². The number of rotatable bonds is 12. The number of carboxylic acids is 1. The third kappa shape index (κ3) is 7.53. The largest absolute Gasteiger partial charge is 0.755 e. The number of unbranched alkanes of at least 4 members (excludes halogenated alkanes) is 1. The lowest BCUT2D eigenvalue weighted by Crippen LogP contribution is -2.42. The lowest BCUT2D eigenvalue weighted by Gasteiger charge is -2.32. The standard InChI is InChI=1S/C30H29BrN2O5S/c31-25-15-11-21(12-16-25)22-13-17-26(18-14-22)33(39(37)38)28(30(35)36)10-3-4-19-32-29(34)20-24-8-5-7-23-6-1-2-9-27(23)24/h1-2,5-9,11-18,28H,3-4,10,19-20H2,(H,32,34)(H,35,36)(H,37,38)/p-1. The van der Waals surface area contributed by atoms with Crippen molar-refractivity contribution in [2.24, 2.45) is 0 Å². The Kier molecular flexibility index (Phi) is 9.86. The Morgan fingerprint density at radius 1 is 0.897 bits per heavy atom. The zero-order chi connectivity index (χ0) is 27.8. The minimum absolute atomic E-state index is 0.108. The number of nitrogens with zero attached hydrogens (tertiary/aromatic N) is 1. The monoisotopic (exact) mass is 607 g/mol. The van der Waals surface area contributed by atoms with Crippen LogP contribution in [0.2, 0.25) is 0 Å². The van der Waals surface area contributed by atoms with Crippen LogP contribution in [0.3, 0.4) is 0 Å². The van der Waals surface area contributed by atoms with Crippen molar-refractivity contribution in [3.8, 4) is 11.1 Å². The molecular formula is C30H28BrN2O5S-. The average Bonchev–Trinajstić information content (AvgIpc) is 2.93. The average molecular weight is 609 g/mol. The van der Waals surface area contributed by atoms with Crippen LogP contribution >= 0.6 is 15.9 Å². The van der Waals surface area contributed by atoms with Crippen LogP contribution in [0.25, 0.3) is 21.9 Å². The zero-order valence-corrected chi connectivity index (χ0v) is 23.5. The van der Waals surface area contributed by atoms with E-state index >= 15 is 0 Å². The van der Waals surface area contributed by atoms with Gasteiger partial charge in [0.25, 0.3) is 0 Å². The highest BCUT2D eigenvalue weighted by Gasteiger charge is 2.26. The molecule has 0 fully saturated rings. The first-order valence-corrected chi connectivity index (χ1v) is 14.4. The van der Waals surface area contributed by atoms with Gasteiger partial charge in [-0.25, -0.2) is 4.79 Å². The number of amides is 1. The van der Waals surface area contributed by atoms with Crippen LogP contribution < -0.4 is 9.62 Å². The van der Waals surface area contributed by atoms with Gasteiger partial charge in [-0.1, -0.05) is 82.7 Å². The van der Waals surface area contributed by atoms with Crippen LogP contribution in [-0.2, 0) is 27.3 Å². The number of fused-ring (bicyclic) bond motifs is 1. The Labute approximate surface area is 238 Å². The van der Waals surface area contributed by atoms with Gasteiger partial charge in [-0.3, -0.25) is 13.3 Å². The summed E-state index contributed by atoms with van der Waals surface area (Å²) in [5, 5.41) is 14.8. The van der Waals surface area contributed by atoms with Crippen molar-refractivity contribution in [2.45, 2.75) is 31.7 Å². The van der Waals surface area contributed by atoms with E-state index in [0.29, 0.717) is 19.4 Å². The number of anilines is 1. The van der Waals surface area contributed by atoms with E-state index in [9.17, 15) is 23.5 Å². The van der Waals surface area contributed by atoms with Gasteiger partial charge >= 0.3 is 5.97 Å². The normalized spacial score (nSPS) is 12.6. The second-order valence-corrected chi connectivity index (χ2v) is 10.9. The molecular weight excluding hydrogens is 580 g/mol. The molecule has 0 bridgehead atoms. The van der Waals surface area contributed by atoms with E-state index in [0.717, 1.165) is 36.2 Å². The number of hydrogen-bond acceptors (Lipinski definition) is 4. The van der Waals surface area contributed by atoms with Gasteiger partial charge < -0.3 is 15.0 Å². The maximum atomic E-state index is 12.5. The Morgan fingerprint density at radius 3 is 2.21 bits per heavy atom. The molecule has 0 radical (unpaired) electrons. The molecule has 0 saturated heterocycles. The topological polar surface area (TPSA) is 110 Å². The number of halogens is 1. The van der Waals surface area contributed by atoms with Crippen molar-refractivity contribution in [1.82, 2.24) is 5.32 Å². The van der Waals surface area contributed by atoms with Crippen molar-refractivity contribution in [3.63, 3.8) is 0 Å². The highest BCUT2D eigenvalue weighted by molar-refractivity contribution is 9.10. The number of carboxylic acid groups (broad SMARTS) is 1. The predicted molar refractivity (Wildman–Crippen MR) is 157 cm³/mol. The van der Waals surface area contributed by atoms with Crippen molar-refractivity contribution < 1.29 is 23.5 Å². The van der Waals surface area contributed by atoms with E-state index in [1.165, 1.54) is 0 Å². The SMILES string of the molecule is O=C(Cc1cccc2ccccc12)NCCCCC(C(=O)O)N(c1ccc(-c2ccc(Br)cc2)cc1)S(=O)[O-]. The van der Waals surface area contributed by atoms with Crippen LogP contribution in [0.5, 0.6) is 0 Å². The fourth-order valence-electron chi connectivity index (χ4n) is 4.53. The number of carbonyl (C=O) groups is 2. The van der Waals surface area contributed by atoms with E-state index < -0.39 is 23.3 Å². The molecule has 9 heteroatoms. The maximum absolute atomic E-state index is 12.5. The molecule has 1 amide bonds. The predicted octanol–water partition coefficient (Wildman–Crippen LogP) is 5.85. The summed E-state index contributed by atoms with van der Waals surface area (Å²) in [5.74, 6) is -1.34. The van der Waals surface area contributed by atoms with Gasteiger partial charge in [0, 0.05) is 28.0 Å². The first-order chi connectivity index (χ1) is 18.8. The molecule has 4 aromatic carbocycles. The summed E-state index contributed by atoms with van der Waals surface area (Å²) in [6.45, 7) is 0.373. The van der Waals surface area contributed by atoms with Gasteiger partial charge in [-0.15, -0.1) is 0 Å². The summed E-state index contributed by atoms with van der Waals surface area (Å²) < 4.78 is 26.0. The smallest absolute Gasteiger partial charge is 0.327 e. The summed E-state index contributed by atoms with van der Waals surface area (Å²) in [5.41, 5.74) is 3.06. The van der Waals surface area contributed by atoms with E-state index in [-0.39, 0.29) is 24.4 Å². The van der Waals surface area contributed by atoms with Gasteiger partial charge in [0.2, 0.25) is 5.91 Å². The van der Waals surface area contributed by atoms with E-state index in [2.05, 4.69) is 21.2 Å². The molecule has 4 rings (SSSR count). The molecule has 0 spiro atoms. The number of aliphatic carboxylic acids is 1. The van der Waals surface area contributed by atoms with Crippen LogP contribution in [0, 0.1) is 0 Å². The Morgan fingerprint density at radius 2 is 1.54 bits per heavy atom. The number of nitrogens with one attached hydrogen (secondary N) is 1. The fraction of sp³-hybridized carbons (Fsp3) is 0.200. The molecule has 39 heavy (non-hydrogen) atoms. The molecule has 0 aliphatic heterocycles. The number of carbonyl (C=O) groups excluding carboxylic acids is 1. The minimum Gasteiger partial charge on any atom is -0.755 e. The molecule has 2 unspecified atom stereocenters. The zero-order valence-electron chi connectivity index (χ0n) is 21.1.